The molecule has 0 saturated carbocycles. The highest BCUT2D eigenvalue weighted by Gasteiger charge is 2.13. The van der Waals surface area contributed by atoms with Gasteiger partial charge in [0, 0.05) is 7.05 Å². The molecule has 15 heavy (non-hydrogen) atoms. The summed E-state index contributed by atoms with van der Waals surface area (Å²) in [5.74, 6) is 1.88. The van der Waals surface area contributed by atoms with Crippen molar-refractivity contribution in [3.05, 3.63) is 0 Å². The maximum absolute atomic E-state index is 4.29. The summed E-state index contributed by atoms with van der Waals surface area (Å²) >= 11 is 10.6. The molecule has 0 aromatic carbocycles. The molecule has 0 radical (unpaired) electrons. The fourth-order valence-corrected chi connectivity index (χ4v) is 1.71. The number of hydrogen-bond acceptors (Lipinski definition) is 6. The van der Waals surface area contributed by atoms with Gasteiger partial charge in [-0.15, -0.1) is 0 Å². The quantitative estimate of drug-likeness (QED) is 0.346. The number of aromatic nitrogens is 3. The van der Waals surface area contributed by atoms with Crippen LogP contribution in [-0.2, 0) is 0 Å². The Labute approximate surface area is 157 Å². The fraction of sp³-hybridized carbons (Fsp3) is 0.250. The lowest BCUT2D eigenvalue weighted by Crippen LogP contribution is -2.11. The van der Waals surface area contributed by atoms with Gasteiger partial charge in [-0.2, -0.15) is 15.0 Å². The van der Waals surface area contributed by atoms with Crippen molar-refractivity contribution in [2.45, 2.75) is 0 Å². The zero-order valence-corrected chi connectivity index (χ0v) is 17.9. The van der Waals surface area contributed by atoms with Crippen LogP contribution >= 0.6 is 114 Å². The molecule has 0 saturated heterocycles. The molecule has 1 aromatic rings. The standard InChI is InChI=1S/C4H3I5N6/c1-13(5)2-10-3(14(6)7)12-4(11-2)15(8)9/h1H3. The Morgan fingerprint density at radius 1 is 0.733 bits per heavy atom. The van der Waals surface area contributed by atoms with Crippen LogP contribution in [0.25, 0.3) is 0 Å². The lowest BCUT2D eigenvalue weighted by atomic mass is 10.8. The molecule has 84 valence electrons. The van der Waals surface area contributed by atoms with Crippen molar-refractivity contribution in [3.8, 4) is 0 Å². The van der Waals surface area contributed by atoms with Crippen molar-refractivity contribution in [2.75, 3.05) is 12.8 Å². The van der Waals surface area contributed by atoms with E-state index in [-0.39, 0.29) is 0 Å². The van der Waals surface area contributed by atoms with Crippen LogP contribution < -0.4 is 5.77 Å². The van der Waals surface area contributed by atoms with E-state index in [1.807, 2.05) is 10.2 Å². The molecule has 0 amide bonds. The zero-order chi connectivity index (χ0) is 11.6. The van der Waals surface area contributed by atoms with Crippen molar-refractivity contribution >= 4 is 132 Å². The summed E-state index contributed by atoms with van der Waals surface area (Å²) in [7, 11) is 1.89. The smallest absolute Gasteiger partial charge is 0.250 e. The van der Waals surface area contributed by atoms with Crippen LogP contribution in [0.1, 0.15) is 0 Å². The zero-order valence-electron chi connectivity index (χ0n) is 7.07. The molecular weight excluding hydrogens is 767 g/mol. The summed E-state index contributed by atoms with van der Waals surface area (Å²) in [4.78, 5) is 12.9. The molecule has 0 aliphatic rings. The molecular formula is C4H3I5N6. The third-order valence-electron chi connectivity index (χ3n) is 1.18. The van der Waals surface area contributed by atoms with Crippen molar-refractivity contribution < 1.29 is 0 Å². The van der Waals surface area contributed by atoms with Crippen LogP contribution in [0.4, 0.5) is 17.8 Å². The lowest BCUT2D eigenvalue weighted by Gasteiger charge is -2.13. The molecule has 0 N–H and O–H groups in total. The molecule has 11 heteroatoms. The van der Waals surface area contributed by atoms with E-state index < -0.39 is 0 Å². The van der Waals surface area contributed by atoms with Gasteiger partial charge < -0.3 is 0 Å². The summed E-state index contributed by atoms with van der Waals surface area (Å²) in [6, 6.07) is 0. The Hall–Kier alpha value is 2.06. The second-order valence-corrected chi connectivity index (χ2v) is 11.2. The third-order valence-corrected chi connectivity index (χ3v) is 3.34. The number of halogens is 5. The van der Waals surface area contributed by atoms with E-state index in [2.05, 4.69) is 129 Å². The highest BCUT2D eigenvalue weighted by atomic mass is 127. The molecule has 1 rings (SSSR count). The molecule has 0 fully saturated rings. The summed E-state index contributed by atoms with van der Waals surface area (Å²) in [6.07, 6.45) is 0. The summed E-state index contributed by atoms with van der Waals surface area (Å²) < 4.78 is 5.40. The molecule has 0 atom stereocenters. The van der Waals surface area contributed by atoms with Crippen LogP contribution in [-0.4, -0.2) is 22.0 Å². The highest BCUT2D eigenvalue weighted by molar-refractivity contribution is 14.2. The van der Waals surface area contributed by atoms with Gasteiger partial charge in [0.15, 0.2) is 0 Å². The van der Waals surface area contributed by atoms with Crippen molar-refractivity contribution in [1.29, 1.82) is 0 Å². The first-order valence-electron chi connectivity index (χ1n) is 3.30. The maximum atomic E-state index is 4.29. The number of hydrogen-bond donors (Lipinski definition) is 0. The minimum atomic E-state index is 0.623. The predicted molar refractivity (Wildman–Crippen MR) is 103 cm³/mol. The van der Waals surface area contributed by atoms with E-state index >= 15 is 0 Å². The van der Waals surface area contributed by atoms with Gasteiger partial charge in [-0.05, 0) is 0 Å². The SMILES string of the molecule is CN(I)c1nc(N(I)I)nc(N(I)I)n1. The van der Waals surface area contributed by atoms with E-state index in [1.54, 1.807) is 2.65 Å². The van der Waals surface area contributed by atoms with E-state index in [1.165, 1.54) is 0 Å². The molecule has 0 spiro atoms. The van der Waals surface area contributed by atoms with E-state index in [0.717, 1.165) is 0 Å². The first-order chi connectivity index (χ1) is 6.91. The summed E-state index contributed by atoms with van der Waals surface area (Å²) in [5.41, 5.74) is 0. The number of nitrogens with zero attached hydrogens (tertiary/aromatic N) is 6. The molecule has 1 heterocycles. The van der Waals surface area contributed by atoms with Crippen molar-refractivity contribution in [1.82, 2.24) is 15.0 Å². The minimum absolute atomic E-state index is 0.623. The summed E-state index contributed by atoms with van der Waals surface area (Å²) in [5, 5.41) is 0. The van der Waals surface area contributed by atoms with E-state index in [4.69, 9.17) is 0 Å². The maximum Gasteiger partial charge on any atom is 0.250 e. The molecule has 0 unspecified atom stereocenters. The Morgan fingerprint density at radius 2 is 1.07 bits per heavy atom. The van der Waals surface area contributed by atoms with Crippen LogP contribution in [0.3, 0.4) is 0 Å². The van der Waals surface area contributed by atoms with Gasteiger partial charge in [0.25, 0.3) is 0 Å². The number of rotatable bonds is 3. The summed E-state index contributed by atoms with van der Waals surface area (Å²) in [6.45, 7) is 0. The van der Waals surface area contributed by atoms with E-state index in [9.17, 15) is 0 Å². The Bertz CT molecular complexity index is 278. The van der Waals surface area contributed by atoms with Gasteiger partial charge in [-0.3, -0.25) is 3.11 Å². The van der Waals surface area contributed by atoms with Crippen molar-refractivity contribution in [3.63, 3.8) is 0 Å². The molecule has 1 aromatic heterocycles. The Kier molecular flexibility index (Phi) is 6.90. The van der Waals surface area contributed by atoms with Gasteiger partial charge in [0.05, 0.1) is 114 Å². The van der Waals surface area contributed by atoms with Gasteiger partial charge in [0.2, 0.25) is 17.8 Å². The molecule has 0 aliphatic heterocycles. The third kappa shape index (κ3) is 4.67. The largest absolute Gasteiger partial charge is 0.286 e. The van der Waals surface area contributed by atoms with E-state index in [0.29, 0.717) is 17.8 Å². The average Bonchev–Trinajstić information content (AvgIpc) is 2.16. The Morgan fingerprint density at radius 3 is 1.33 bits per heavy atom. The van der Waals surface area contributed by atoms with Crippen LogP contribution in [0.2, 0.25) is 0 Å². The topological polar surface area (TPSA) is 48.4 Å². The highest BCUT2D eigenvalue weighted by Crippen LogP contribution is 2.27. The van der Waals surface area contributed by atoms with Crippen LogP contribution in [0.15, 0.2) is 0 Å². The lowest BCUT2D eigenvalue weighted by molar-refractivity contribution is 1.05. The average molecular weight is 770 g/mol. The monoisotopic (exact) mass is 770 g/mol. The van der Waals surface area contributed by atoms with Gasteiger partial charge in [-0.25, -0.2) is 2.65 Å². The normalized spacial score (nSPS) is 10.0. The van der Waals surface area contributed by atoms with Crippen LogP contribution in [0, 0.1) is 0 Å². The molecule has 0 aliphatic carbocycles. The second-order valence-electron chi connectivity index (χ2n) is 2.18. The molecule has 6 nitrogen and oxygen atoms in total. The first-order valence-corrected chi connectivity index (χ1v) is 8.13. The number of anilines is 3. The molecule has 0 bridgehead atoms. The van der Waals surface area contributed by atoms with Gasteiger partial charge in [0.1, 0.15) is 0 Å². The van der Waals surface area contributed by atoms with Crippen LogP contribution in [0.5, 0.6) is 0 Å². The van der Waals surface area contributed by atoms with Gasteiger partial charge in [-0.1, -0.05) is 0 Å². The van der Waals surface area contributed by atoms with Crippen molar-refractivity contribution in [2.24, 2.45) is 0 Å². The Balaban J connectivity index is 3.20. The minimum Gasteiger partial charge on any atom is -0.286 e. The van der Waals surface area contributed by atoms with Gasteiger partial charge >= 0.3 is 0 Å². The fourth-order valence-electron chi connectivity index (χ4n) is 0.632. The predicted octanol–water partition coefficient (Wildman–Crippen LogP) is 3.67. The first kappa shape index (κ1) is 15.1. The second kappa shape index (κ2) is 6.85.